The van der Waals surface area contributed by atoms with Crippen molar-refractivity contribution in [1.29, 1.82) is 0 Å². The number of hydrogen-bond acceptors (Lipinski definition) is 3. The molecule has 1 unspecified atom stereocenters. The molecule has 1 atom stereocenters. The molecule has 0 aromatic rings. The van der Waals surface area contributed by atoms with Gasteiger partial charge in [-0.05, 0) is 18.6 Å². The van der Waals surface area contributed by atoms with E-state index in [1.807, 2.05) is 6.92 Å². The number of rotatable bonds is 7. The van der Waals surface area contributed by atoms with Crippen LogP contribution in [-0.2, 0) is 13.6 Å². The van der Waals surface area contributed by atoms with Gasteiger partial charge >= 0.3 is 8.25 Å². The molecule has 0 aliphatic carbocycles. The Morgan fingerprint density at radius 3 is 2.69 bits per heavy atom. The van der Waals surface area contributed by atoms with Gasteiger partial charge in [-0.25, -0.2) is 4.52 Å². The van der Waals surface area contributed by atoms with Crippen LogP contribution in [0.25, 0.3) is 0 Å². The third-order valence-corrected chi connectivity index (χ3v) is 1.82. The molecule has 0 saturated heterocycles. The minimum Gasteiger partial charge on any atom is -0.229 e. The minimum atomic E-state index is -2.08. The summed E-state index contributed by atoms with van der Waals surface area (Å²) >= 11 is 0. The molecule has 0 heterocycles. The standard InChI is InChI=1S/C9H14O3P/c1-4-7-9(6-3)12-13(10)11-8-5-2/h4,6-7H,1,3,5,8H2,2H3/q+1/b9-7+. The Kier molecular flexibility index (Phi) is 7.17. The molecule has 0 fully saturated rings. The molecule has 0 aliphatic heterocycles. The second-order valence-corrected chi connectivity index (χ2v) is 3.04. The molecule has 0 radical (unpaired) electrons. The third-order valence-electron chi connectivity index (χ3n) is 1.06. The molecule has 0 aliphatic rings. The quantitative estimate of drug-likeness (QED) is 0.360. The fraction of sp³-hybridized carbons (Fsp3) is 0.333. The Labute approximate surface area is 79.7 Å². The van der Waals surface area contributed by atoms with Crippen molar-refractivity contribution in [3.8, 4) is 0 Å². The molecule has 0 saturated carbocycles. The molecule has 0 N–H and O–H groups in total. The van der Waals surface area contributed by atoms with E-state index in [-0.39, 0.29) is 0 Å². The zero-order chi connectivity index (χ0) is 10.1. The Morgan fingerprint density at radius 2 is 2.23 bits per heavy atom. The van der Waals surface area contributed by atoms with Gasteiger partial charge in [0.1, 0.15) is 6.61 Å². The lowest BCUT2D eigenvalue weighted by Crippen LogP contribution is -1.86. The van der Waals surface area contributed by atoms with Gasteiger partial charge in [0.25, 0.3) is 0 Å². The Hall–Kier alpha value is -0.920. The van der Waals surface area contributed by atoms with E-state index < -0.39 is 8.25 Å². The molecule has 0 aromatic heterocycles. The highest BCUT2D eigenvalue weighted by Crippen LogP contribution is 2.28. The fourth-order valence-electron chi connectivity index (χ4n) is 0.530. The van der Waals surface area contributed by atoms with Gasteiger partial charge in [0.05, 0.1) is 0 Å². The monoisotopic (exact) mass is 201 g/mol. The van der Waals surface area contributed by atoms with Crippen LogP contribution >= 0.6 is 8.25 Å². The van der Waals surface area contributed by atoms with Crippen LogP contribution in [0.1, 0.15) is 13.3 Å². The molecule has 4 heteroatoms. The van der Waals surface area contributed by atoms with Gasteiger partial charge in [0, 0.05) is 4.57 Å². The highest BCUT2D eigenvalue weighted by molar-refractivity contribution is 7.33. The second kappa shape index (κ2) is 7.71. The molecule has 0 spiro atoms. The van der Waals surface area contributed by atoms with Crippen LogP contribution in [0.3, 0.4) is 0 Å². The van der Waals surface area contributed by atoms with Crippen molar-refractivity contribution in [1.82, 2.24) is 0 Å². The van der Waals surface area contributed by atoms with E-state index in [9.17, 15) is 4.57 Å². The Balaban J connectivity index is 3.94. The topological polar surface area (TPSA) is 35.5 Å². The van der Waals surface area contributed by atoms with Gasteiger partial charge in [0.2, 0.25) is 0 Å². The normalized spacial score (nSPS) is 12.1. The first-order chi connectivity index (χ1) is 6.24. The molecular formula is C9H14O3P+. The minimum absolute atomic E-state index is 0.396. The van der Waals surface area contributed by atoms with E-state index in [0.29, 0.717) is 12.4 Å². The SMILES string of the molecule is C=C/C=C(\C=C)O[P+](=O)OCCC. The fourth-order valence-corrected chi connectivity index (χ4v) is 1.22. The summed E-state index contributed by atoms with van der Waals surface area (Å²) in [7, 11) is -2.08. The first kappa shape index (κ1) is 12.1. The summed E-state index contributed by atoms with van der Waals surface area (Å²) in [5.41, 5.74) is 0. The lowest BCUT2D eigenvalue weighted by atomic mass is 10.4. The zero-order valence-corrected chi connectivity index (χ0v) is 8.63. The highest BCUT2D eigenvalue weighted by Gasteiger charge is 2.21. The van der Waals surface area contributed by atoms with Gasteiger partial charge in [-0.1, -0.05) is 26.2 Å². The van der Waals surface area contributed by atoms with Crippen molar-refractivity contribution in [3.63, 3.8) is 0 Å². The van der Waals surface area contributed by atoms with Crippen LogP contribution < -0.4 is 0 Å². The summed E-state index contributed by atoms with van der Waals surface area (Å²) in [6.07, 6.45) is 5.35. The molecule has 13 heavy (non-hydrogen) atoms. The average molecular weight is 201 g/mol. The summed E-state index contributed by atoms with van der Waals surface area (Å²) in [4.78, 5) is 0. The van der Waals surface area contributed by atoms with Crippen molar-refractivity contribution < 1.29 is 13.6 Å². The van der Waals surface area contributed by atoms with Crippen molar-refractivity contribution in [2.45, 2.75) is 13.3 Å². The molecular weight excluding hydrogens is 187 g/mol. The van der Waals surface area contributed by atoms with Gasteiger partial charge in [-0.3, -0.25) is 0 Å². The predicted octanol–water partition coefficient (Wildman–Crippen LogP) is 3.34. The Bertz CT molecular complexity index is 221. The van der Waals surface area contributed by atoms with Crippen LogP contribution in [0.15, 0.2) is 37.1 Å². The maximum atomic E-state index is 11.0. The highest BCUT2D eigenvalue weighted by atomic mass is 31.1. The largest absolute Gasteiger partial charge is 0.750 e. The van der Waals surface area contributed by atoms with Gasteiger partial charge < -0.3 is 0 Å². The van der Waals surface area contributed by atoms with E-state index in [4.69, 9.17) is 9.05 Å². The van der Waals surface area contributed by atoms with Gasteiger partial charge in [0.15, 0.2) is 5.76 Å². The third kappa shape index (κ3) is 6.26. The summed E-state index contributed by atoms with van der Waals surface area (Å²) in [6.45, 7) is 9.32. The van der Waals surface area contributed by atoms with Crippen molar-refractivity contribution in [3.05, 3.63) is 37.1 Å². The molecule has 0 rings (SSSR count). The summed E-state index contributed by atoms with van der Waals surface area (Å²) in [5, 5.41) is 0. The molecule has 0 amide bonds. The maximum Gasteiger partial charge on any atom is 0.750 e. The van der Waals surface area contributed by atoms with Crippen LogP contribution in [0.4, 0.5) is 0 Å². The molecule has 0 bridgehead atoms. The second-order valence-electron chi connectivity index (χ2n) is 2.16. The smallest absolute Gasteiger partial charge is 0.229 e. The zero-order valence-electron chi connectivity index (χ0n) is 7.73. The summed E-state index contributed by atoms with van der Waals surface area (Å²) in [6, 6.07) is 0. The van der Waals surface area contributed by atoms with Crippen LogP contribution in [0, 0.1) is 0 Å². The van der Waals surface area contributed by atoms with Crippen LogP contribution in [-0.4, -0.2) is 6.61 Å². The van der Waals surface area contributed by atoms with E-state index in [2.05, 4.69) is 13.2 Å². The average Bonchev–Trinajstić information content (AvgIpc) is 2.14. The lowest BCUT2D eigenvalue weighted by Gasteiger charge is -1.90. The maximum absolute atomic E-state index is 11.0. The van der Waals surface area contributed by atoms with Crippen molar-refractivity contribution in [2.75, 3.05) is 6.61 Å². The molecule has 3 nitrogen and oxygen atoms in total. The van der Waals surface area contributed by atoms with E-state index >= 15 is 0 Å². The summed E-state index contributed by atoms with van der Waals surface area (Å²) in [5.74, 6) is 0.396. The van der Waals surface area contributed by atoms with Crippen molar-refractivity contribution in [2.24, 2.45) is 0 Å². The van der Waals surface area contributed by atoms with E-state index in [0.717, 1.165) is 6.42 Å². The number of allylic oxidation sites excluding steroid dienone is 3. The first-order valence-corrected chi connectivity index (χ1v) is 5.07. The lowest BCUT2D eigenvalue weighted by molar-refractivity contribution is 0.265. The van der Waals surface area contributed by atoms with Crippen LogP contribution in [0.5, 0.6) is 0 Å². The summed E-state index contributed by atoms with van der Waals surface area (Å²) < 4.78 is 20.8. The Morgan fingerprint density at radius 1 is 1.54 bits per heavy atom. The van der Waals surface area contributed by atoms with Gasteiger partial charge in [-0.15, -0.1) is 4.52 Å². The molecule has 0 aromatic carbocycles. The van der Waals surface area contributed by atoms with E-state index in [1.54, 1.807) is 6.08 Å². The molecule has 72 valence electrons. The first-order valence-electron chi connectivity index (χ1n) is 3.97. The number of hydrogen-bond donors (Lipinski definition) is 0. The van der Waals surface area contributed by atoms with E-state index in [1.165, 1.54) is 12.2 Å². The van der Waals surface area contributed by atoms with Gasteiger partial charge in [-0.2, -0.15) is 0 Å². The predicted molar refractivity (Wildman–Crippen MR) is 53.4 cm³/mol. The van der Waals surface area contributed by atoms with Crippen molar-refractivity contribution >= 4 is 8.25 Å². The van der Waals surface area contributed by atoms with Crippen LogP contribution in [0.2, 0.25) is 0 Å².